The first-order valence-corrected chi connectivity index (χ1v) is 8.52. The van der Waals surface area contributed by atoms with Gasteiger partial charge in [-0.15, -0.1) is 11.3 Å². The summed E-state index contributed by atoms with van der Waals surface area (Å²) in [6, 6.07) is 9.34. The number of rotatable bonds is 6. The number of benzene rings is 1. The van der Waals surface area contributed by atoms with Gasteiger partial charge < -0.3 is 11.1 Å². The van der Waals surface area contributed by atoms with Crippen LogP contribution in [-0.4, -0.2) is 11.8 Å². The Bertz CT molecular complexity index is 697. The second kappa shape index (κ2) is 7.56. The molecule has 0 fully saturated rings. The monoisotopic (exact) mass is 380 g/mol. The van der Waals surface area contributed by atoms with E-state index in [9.17, 15) is 9.59 Å². The van der Waals surface area contributed by atoms with Crippen molar-refractivity contribution in [3.63, 3.8) is 0 Å². The molecular weight excluding hydrogens is 364 g/mol. The van der Waals surface area contributed by atoms with Gasteiger partial charge in [0.25, 0.3) is 5.91 Å². The van der Waals surface area contributed by atoms with Crippen LogP contribution in [0.4, 0.5) is 5.69 Å². The minimum atomic E-state index is -0.531. The lowest BCUT2D eigenvalue weighted by Crippen LogP contribution is -2.19. The molecule has 0 bridgehead atoms. The molecule has 0 aliphatic carbocycles. The molecule has 0 saturated heterocycles. The largest absolute Gasteiger partial charge is 0.366 e. The van der Waals surface area contributed by atoms with E-state index in [1.807, 2.05) is 6.07 Å². The molecule has 4 nitrogen and oxygen atoms in total. The van der Waals surface area contributed by atoms with Crippen LogP contribution in [0.25, 0.3) is 0 Å². The summed E-state index contributed by atoms with van der Waals surface area (Å²) in [5, 5.41) is 2.78. The first-order valence-electron chi connectivity index (χ1n) is 6.91. The number of carbonyl (C=O) groups is 2. The van der Waals surface area contributed by atoms with Crippen LogP contribution in [0.5, 0.6) is 0 Å². The van der Waals surface area contributed by atoms with Gasteiger partial charge in [0.1, 0.15) is 0 Å². The van der Waals surface area contributed by atoms with Crippen molar-refractivity contribution in [2.24, 2.45) is 5.73 Å². The van der Waals surface area contributed by atoms with Crippen molar-refractivity contribution in [3.05, 3.63) is 50.1 Å². The number of amides is 2. The molecular formula is C16H17BrN2O2S. The quantitative estimate of drug-likeness (QED) is 0.797. The number of hydrogen-bond donors (Lipinski definition) is 2. The fraction of sp³-hybridized carbons (Fsp3) is 0.250. The number of thiophene rings is 1. The van der Waals surface area contributed by atoms with Crippen molar-refractivity contribution in [2.75, 3.05) is 5.32 Å². The second-order valence-electron chi connectivity index (χ2n) is 4.97. The van der Waals surface area contributed by atoms with Crippen LogP contribution < -0.4 is 11.1 Å². The standard InChI is InChI=1S/C16H17BrN2O2S/c1-10-4-2-6-12(15(10)16(18)21)19-14(20)7-3-5-11-8-9-13(17)22-11/h2,4,6,8-9H,3,5,7H2,1H3,(H2,18,21)(H,19,20). The van der Waals surface area contributed by atoms with Gasteiger partial charge >= 0.3 is 0 Å². The summed E-state index contributed by atoms with van der Waals surface area (Å²) in [6.45, 7) is 1.80. The maximum Gasteiger partial charge on any atom is 0.251 e. The van der Waals surface area contributed by atoms with E-state index in [4.69, 9.17) is 5.73 Å². The molecule has 6 heteroatoms. The Morgan fingerprint density at radius 1 is 1.27 bits per heavy atom. The molecule has 0 spiro atoms. The number of nitrogens with two attached hydrogens (primary N) is 1. The lowest BCUT2D eigenvalue weighted by Gasteiger charge is -2.11. The first-order chi connectivity index (χ1) is 10.5. The molecule has 2 aromatic rings. The van der Waals surface area contributed by atoms with E-state index in [0.717, 1.165) is 22.2 Å². The van der Waals surface area contributed by atoms with Crippen molar-refractivity contribution in [2.45, 2.75) is 26.2 Å². The third-order valence-corrected chi connectivity index (χ3v) is 4.93. The summed E-state index contributed by atoms with van der Waals surface area (Å²) >= 11 is 5.10. The van der Waals surface area contributed by atoms with Gasteiger partial charge in [-0.2, -0.15) is 0 Å². The minimum Gasteiger partial charge on any atom is -0.366 e. The highest BCUT2D eigenvalue weighted by molar-refractivity contribution is 9.11. The number of primary amides is 1. The molecule has 1 aromatic heterocycles. The molecule has 0 atom stereocenters. The minimum absolute atomic E-state index is 0.108. The van der Waals surface area contributed by atoms with Crippen LogP contribution in [0.15, 0.2) is 34.1 Å². The van der Waals surface area contributed by atoms with Crippen molar-refractivity contribution in [1.82, 2.24) is 0 Å². The highest BCUT2D eigenvalue weighted by atomic mass is 79.9. The third kappa shape index (κ3) is 4.42. The van der Waals surface area contributed by atoms with Crippen molar-refractivity contribution < 1.29 is 9.59 Å². The highest BCUT2D eigenvalue weighted by Crippen LogP contribution is 2.24. The molecule has 0 aliphatic heterocycles. The maximum atomic E-state index is 12.0. The number of anilines is 1. The Morgan fingerprint density at radius 3 is 2.68 bits per heavy atom. The summed E-state index contributed by atoms with van der Waals surface area (Å²) in [7, 11) is 0. The Kier molecular flexibility index (Phi) is 5.74. The molecule has 0 aliphatic rings. The molecule has 3 N–H and O–H groups in total. The number of nitrogens with one attached hydrogen (secondary N) is 1. The smallest absolute Gasteiger partial charge is 0.251 e. The Labute approximate surface area is 141 Å². The van der Waals surface area contributed by atoms with Crippen molar-refractivity contribution in [3.8, 4) is 0 Å². The van der Waals surface area contributed by atoms with Gasteiger partial charge in [0.05, 0.1) is 15.0 Å². The average Bonchev–Trinajstić information content (AvgIpc) is 2.84. The van der Waals surface area contributed by atoms with E-state index in [0.29, 0.717) is 17.7 Å². The summed E-state index contributed by atoms with van der Waals surface area (Å²) in [6.07, 6.45) is 2.03. The predicted molar refractivity (Wildman–Crippen MR) is 93.3 cm³/mol. The number of hydrogen-bond acceptors (Lipinski definition) is 3. The van der Waals surface area contributed by atoms with Crippen LogP contribution in [0.3, 0.4) is 0 Å². The van der Waals surface area contributed by atoms with Gasteiger partial charge in [-0.1, -0.05) is 12.1 Å². The number of halogens is 1. The average molecular weight is 381 g/mol. The van der Waals surface area contributed by atoms with E-state index in [-0.39, 0.29) is 5.91 Å². The summed E-state index contributed by atoms with van der Waals surface area (Å²) in [5.41, 5.74) is 6.99. The molecule has 1 heterocycles. The normalized spacial score (nSPS) is 10.5. The van der Waals surface area contributed by atoms with Crippen molar-refractivity contribution in [1.29, 1.82) is 0 Å². The molecule has 116 valence electrons. The van der Waals surface area contributed by atoms with Gasteiger partial charge in [0.15, 0.2) is 0 Å². The van der Waals surface area contributed by atoms with E-state index in [1.54, 1.807) is 36.5 Å². The zero-order valence-electron chi connectivity index (χ0n) is 12.2. The summed E-state index contributed by atoms with van der Waals surface area (Å²) < 4.78 is 1.10. The van der Waals surface area contributed by atoms with Crippen LogP contribution in [-0.2, 0) is 11.2 Å². The van der Waals surface area contributed by atoms with Gasteiger partial charge in [-0.25, -0.2) is 0 Å². The van der Waals surface area contributed by atoms with Crippen LogP contribution >= 0.6 is 27.3 Å². The summed E-state index contributed by atoms with van der Waals surface area (Å²) in [4.78, 5) is 24.8. The Hall–Kier alpha value is -1.66. The zero-order valence-corrected chi connectivity index (χ0v) is 14.6. The van der Waals surface area contributed by atoms with E-state index < -0.39 is 5.91 Å². The van der Waals surface area contributed by atoms with E-state index in [1.165, 1.54) is 4.88 Å². The number of aryl methyl sites for hydroxylation is 2. The predicted octanol–water partition coefficient (Wildman–Crippen LogP) is 3.88. The van der Waals surface area contributed by atoms with Crippen LogP contribution in [0.1, 0.15) is 33.6 Å². The number of carbonyl (C=O) groups excluding carboxylic acids is 2. The second-order valence-corrected chi connectivity index (χ2v) is 7.52. The highest BCUT2D eigenvalue weighted by Gasteiger charge is 2.13. The molecule has 0 saturated carbocycles. The van der Waals surface area contributed by atoms with Crippen molar-refractivity contribution >= 4 is 44.8 Å². The topological polar surface area (TPSA) is 72.2 Å². The molecule has 2 amide bonds. The summed E-state index contributed by atoms with van der Waals surface area (Å²) in [5.74, 6) is -0.638. The van der Waals surface area contributed by atoms with Gasteiger partial charge in [0.2, 0.25) is 5.91 Å². The molecule has 2 rings (SSSR count). The van der Waals surface area contributed by atoms with E-state index in [2.05, 4.69) is 27.3 Å². The van der Waals surface area contributed by atoms with Gasteiger partial charge in [-0.05, 0) is 59.5 Å². The van der Waals surface area contributed by atoms with E-state index >= 15 is 0 Å². The molecule has 22 heavy (non-hydrogen) atoms. The third-order valence-electron chi connectivity index (χ3n) is 3.25. The Balaban J connectivity index is 1.92. The van der Waals surface area contributed by atoms with Crippen LogP contribution in [0.2, 0.25) is 0 Å². The molecule has 0 radical (unpaired) electrons. The van der Waals surface area contributed by atoms with Gasteiger partial charge in [-0.3, -0.25) is 9.59 Å². The Morgan fingerprint density at radius 2 is 2.05 bits per heavy atom. The SMILES string of the molecule is Cc1cccc(NC(=O)CCCc2ccc(Br)s2)c1C(N)=O. The van der Waals surface area contributed by atoms with Gasteiger partial charge in [0, 0.05) is 11.3 Å². The fourth-order valence-corrected chi connectivity index (χ4v) is 3.75. The zero-order chi connectivity index (χ0) is 16.1. The maximum absolute atomic E-state index is 12.0. The lowest BCUT2D eigenvalue weighted by molar-refractivity contribution is -0.116. The molecule has 0 unspecified atom stereocenters. The molecule has 1 aromatic carbocycles. The lowest BCUT2D eigenvalue weighted by atomic mass is 10.1. The fourth-order valence-electron chi connectivity index (χ4n) is 2.22. The first kappa shape index (κ1) is 16.7. The van der Waals surface area contributed by atoms with Crippen LogP contribution in [0, 0.1) is 6.92 Å².